The molecule has 0 spiro atoms. The van der Waals surface area contributed by atoms with Gasteiger partial charge in [-0.05, 0) is 49.8 Å². The van der Waals surface area contributed by atoms with Crippen LogP contribution in [0.4, 0.5) is 5.69 Å². The van der Waals surface area contributed by atoms with Crippen LogP contribution in [0, 0.1) is 0 Å². The van der Waals surface area contributed by atoms with Crippen LogP contribution in [0.3, 0.4) is 0 Å². The van der Waals surface area contributed by atoms with E-state index in [-0.39, 0.29) is 0 Å². The number of likely N-dealkylation sites (N-methyl/N-ethyl adjacent to an activating group) is 1. The van der Waals surface area contributed by atoms with E-state index in [1.54, 1.807) is 0 Å². The molecule has 130 valence electrons. The molecule has 0 amide bonds. The molecule has 2 nitrogen and oxygen atoms in total. The van der Waals surface area contributed by atoms with Crippen molar-refractivity contribution in [3.05, 3.63) is 82.1 Å². The van der Waals surface area contributed by atoms with Crippen molar-refractivity contribution in [2.45, 2.75) is 20.4 Å². The van der Waals surface area contributed by atoms with Gasteiger partial charge in [-0.25, -0.2) is 0 Å². The number of hydrogen-bond donors (Lipinski definition) is 0. The van der Waals surface area contributed by atoms with Crippen molar-refractivity contribution >= 4 is 44.7 Å². The summed E-state index contributed by atoms with van der Waals surface area (Å²) in [5.41, 5.74) is 6.26. The molecule has 0 radical (unpaired) electrons. The maximum Gasteiger partial charge on any atom is 0.213 e. The lowest BCUT2D eigenvalue weighted by molar-refractivity contribution is -0.669. The highest BCUT2D eigenvalue weighted by Crippen LogP contribution is 2.31. The molecule has 1 aliphatic rings. The van der Waals surface area contributed by atoms with E-state index < -0.39 is 0 Å². The number of aryl methyl sites for hydroxylation is 1. The first kappa shape index (κ1) is 17.0. The molecule has 0 saturated heterocycles. The summed E-state index contributed by atoms with van der Waals surface area (Å²) in [6.07, 6.45) is 6.72. The zero-order valence-electron chi connectivity index (χ0n) is 15.1. The number of fused-ring (bicyclic) bond motifs is 2. The van der Waals surface area contributed by atoms with Crippen LogP contribution in [0.5, 0.6) is 0 Å². The van der Waals surface area contributed by atoms with Gasteiger partial charge in [-0.15, -0.1) is 0 Å². The van der Waals surface area contributed by atoms with Crippen molar-refractivity contribution in [2.24, 2.45) is 0 Å². The summed E-state index contributed by atoms with van der Waals surface area (Å²) in [7, 11) is 0. The van der Waals surface area contributed by atoms with E-state index in [4.69, 9.17) is 0 Å². The predicted octanol–water partition coefficient (Wildman–Crippen LogP) is 5.80. The Labute approximate surface area is 163 Å². The van der Waals surface area contributed by atoms with Gasteiger partial charge in [0, 0.05) is 46.0 Å². The molecule has 4 rings (SSSR count). The van der Waals surface area contributed by atoms with Gasteiger partial charge < -0.3 is 4.90 Å². The molecule has 0 bridgehead atoms. The van der Waals surface area contributed by atoms with Crippen LogP contribution in [-0.4, -0.2) is 6.54 Å². The highest BCUT2D eigenvalue weighted by atomic mass is 79.9. The number of hydrogen-bond acceptors (Lipinski definition) is 1. The van der Waals surface area contributed by atoms with Crippen LogP contribution in [0.15, 0.2) is 70.8 Å². The number of anilines is 1. The van der Waals surface area contributed by atoms with E-state index in [0.717, 1.165) is 17.6 Å². The third-order valence-electron chi connectivity index (χ3n) is 4.93. The number of benzene rings is 2. The number of rotatable bonds is 3. The summed E-state index contributed by atoms with van der Waals surface area (Å²) in [4.78, 5) is 2.38. The summed E-state index contributed by atoms with van der Waals surface area (Å²) in [6, 6.07) is 19.5. The fourth-order valence-electron chi connectivity index (χ4n) is 3.70. The molecule has 2 heterocycles. The number of aromatic nitrogens is 1. The highest BCUT2D eigenvalue weighted by Gasteiger charge is 2.18. The fraction of sp³-hybridized carbons (Fsp3) is 0.174. The van der Waals surface area contributed by atoms with E-state index in [1.807, 2.05) is 0 Å². The number of allylic oxidation sites excluding steroid dienone is 1. The average Bonchev–Trinajstić information content (AvgIpc) is 2.67. The van der Waals surface area contributed by atoms with Gasteiger partial charge in [-0.3, -0.25) is 0 Å². The number of halogens is 1. The Morgan fingerprint density at radius 3 is 2.65 bits per heavy atom. The Kier molecular flexibility index (Phi) is 4.64. The molecule has 1 aliphatic heterocycles. The Morgan fingerprint density at radius 1 is 1.00 bits per heavy atom. The SMILES string of the molecule is CCN1/C(=C/c2ccc3cc(Br)ccc3[n+]2CC)C=Cc2ccccc21. The Bertz CT molecular complexity index is 1030. The first-order valence-corrected chi connectivity index (χ1v) is 9.89. The van der Waals surface area contributed by atoms with Crippen LogP contribution in [0.1, 0.15) is 25.1 Å². The summed E-state index contributed by atoms with van der Waals surface area (Å²) >= 11 is 3.57. The largest absolute Gasteiger partial charge is 0.341 e. The summed E-state index contributed by atoms with van der Waals surface area (Å²) in [6.45, 7) is 6.28. The van der Waals surface area contributed by atoms with Crippen molar-refractivity contribution < 1.29 is 4.57 Å². The molecular weight excluding hydrogens is 384 g/mol. The molecule has 0 atom stereocenters. The van der Waals surface area contributed by atoms with Crippen molar-refractivity contribution in [3.63, 3.8) is 0 Å². The van der Waals surface area contributed by atoms with Crippen LogP contribution >= 0.6 is 15.9 Å². The van der Waals surface area contributed by atoms with E-state index in [0.29, 0.717) is 0 Å². The van der Waals surface area contributed by atoms with E-state index in [1.165, 1.54) is 33.5 Å². The lowest BCUT2D eigenvalue weighted by atomic mass is 10.0. The monoisotopic (exact) mass is 405 g/mol. The van der Waals surface area contributed by atoms with E-state index >= 15 is 0 Å². The summed E-state index contributed by atoms with van der Waals surface area (Å²) in [5.74, 6) is 0. The molecule has 3 aromatic rings. The van der Waals surface area contributed by atoms with Crippen LogP contribution in [0.2, 0.25) is 0 Å². The molecule has 0 saturated carbocycles. The molecule has 0 fully saturated rings. The van der Waals surface area contributed by atoms with Gasteiger partial charge in [0.1, 0.15) is 6.54 Å². The zero-order chi connectivity index (χ0) is 18.1. The van der Waals surface area contributed by atoms with Gasteiger partial charge in [0.05, 0.1) is 0 Å². The normalized spacial score (nSPS) is 14.9. The minimum atomic E-state index is 0.935. The molecule has 1 aromatic heterocycles. The molecule has 0 N–H and O–H groups in total. The zero-order valence-corrected chi connectivity index (χ0v) is 16.7. The smallest absolute Gasteiger partial charge is 0.213 e. The molecule has 0 aliphatic carbocycles. The topological polar surface area (TPSA) is 7.12 Å². The van der Waals surface area contributed by atoms with E-state index in [2.05, 4.69) is 112 Å². The van der Waals surface area contributed by atoms with Crippen molar-refractivity contribution in [1.82, 2.24) is 0 Å². The minimum absolute atomic E-state index is 0.935. The predicted molar refractivity (Wildman–Crippen MR) is 114 cm³/mol. The summed E-state index contributed by atoms with van der Waals surface area (Å²) in [5, 5.41) is 1.25. The molecule has 0 unspecified atom stereocenters. The first-order chi connectivity index (χ1) is 12.7. The third kappa shape index (κ3) is 2.97. The maximum absolute atomic E-state index is 3.57. The van der Waals surface area contributed by atoms with Gasteiger partial charge in [0.2, 0.25) is 11.2 Å². The van der Waals surface area contributed by atoms with Gasteiger partial charge in [0.15, 0.2) is 0 Å². The second-order valence-electron chi connectivity index (χ2n) is 6.41. The second-order valence-corrected chi connectivity index (χ2v) is 7.33. The van der Waals surface area contributed by atoms with E-state index in [9.17, 15) is 0 Å². The molecule has 3 heteroatoms. The van der Waals surface area contributed by atoms with Crippen molar-refractivity contribution in [2.75, 3.05) is 11.4 Å². The maximum atomic E-state index is 3.57. The number of nitrogens with zero attached hydrogens (tertiary/aromatic N) is 2. The first-order valence-electron chi connectivity index (χ1n) is 9.09. The van der Waals surface area contributed by atoms with Crippen LogP contribution in [0.25, 0.3) is 23.1 Å². The van der Waals surface area contributed by atoms with Gasteiger partial charge in [0.25, 0.3) is 0 Å². The standard InChI is InChI=1S/C23H22BrN2/c1-3-25-20(12-9-17-7-5-6-8-22(17)25)16-21-13-10-18-15-19(24)11-14-23(18)26(21)4-2/h5-16H,3-4H2,1-2H3/q+1. The van der Waals surface area contributed by atoms with Gasteiger partial charge >= 0.3 is 0 Å². The molecule has 26 heavy (non-hydrogen) atoms. The Balaban J connectivity index is 1.85. The summed E-state index contributed by atoms with van der Waals surface area (Å²) < 4.78 is 3.49. The lowest BCUT2D eigenvalue weighted by Crippen LogP contribution is -2.37. The Morgan fingerprint density at radius 2 is 1.85 bits per heavy atom. The second kappa shape index (κ2) is 7.08. The van der Waals surface area contributed by atoms with Crippen LogP contribution in [-0.2, 0) is 6.54 Å². The van der Waals surface area contributed by atoms with Crippen LogP contribution < -0.4 is 9.47 Å². The quantitative estimate of drug-likeness (QED) is 0.499. The number of para-hydroxylation sites is 1. The van der Waals surface area contributed by atoms with Crippen molar-refractivity contribution in [3.8, 4) is 0 Å². The van der Waals surface area contributed by atoms with Crippen molar-refractivity contribution in [1.29, 1.82) is 0 Å². The van der Waals surface area contributed by atoms with Gasteiger partial charge in [-0.1, -0.05) is 40.2 Å². The molecular formula is C23H22BrN2+. The fourth-order valence-corrected chi connectivity index (χ4v) is 4.08. The lowest BCUT2D eigenvalue weighted by Gasteiger charge is -2.29. The molecule has 2 aromatic carbocycles. The highest BCUT2D eigenvalue weighted by molar-refractivity contribution is 9.10. The number of pyridine rings is 1. The minimum Gasteiger partial charge on any atom is -0.341 e. The average molecular weight is 406 g/mol. The van der Waals surface area contributed by atoms with Gasteiger partial charge in [-0.2, -0.15) is 4.57 Å². The Hall–Kier alpha value is -2.39. The third-order valence-corrected chi connectivity index (χ3v) is 5.42.